The highest BCUT2D eigenvalue weighted by Crippen LogP contribution is 2.63. The molecule has 1 heterocycles. The van der Waals surface area contributed by atoms with Crippen molar-refractivity contribution in [3.8, 4) is 55.6 Å². The first-order valence-corrected chi connectivity index (χ1v) is 21.5. The Hall–Kier alpha value is -7.87. The molecule has 3 aliphatic rings. The van der Waals surface area contributed by atoms with Crippen molar-refractivity contribution >= 4 is 11.3 Å². The van der Waals surface area contributed by atoms with Crippen molar-refractivity contribution in [2.24, 2.45) is 4.99 Å². The fourth-order valence-electron chi connectivity index (χ4n) is 10.5. The molecule has 0 aromatic heterocycles. The second kappa shape index (κ2) is 14.4. The lowest BCUT2D eigenvalue weighted by molar-refractivity contribution is 0.794. The highest BCUT2D eigenvalue weighted by molar-refractivity contribution is 6.15. The number of hydrogen-bond acceptors (Lipinski definition) is 1. The van der Waals surface area contributed by atoms with Crippen LogP contribution in [0.1, 0.15) is 45.0 Å². The zero-order valence-corrected chi connectivity index (χ0v) is 34.2. The summed E-state index contributed by atoms with van der Waals surface area (Å²) in [6.07, 6.45) is 2.22. The summed E-state index contributed by atoms with van der Waals surface area (Å²) in [7, 11) is 0. The van der Waals surface area contributed by atoms with Crippen LogP contribution in [0.25, 0.3) is 61.2 Å². The zero-order chi connectivity index (χ0) is 41.2. The lowest BCUT2D eigenvalue weighted by Gasteiger charge is -2.30. The maximum absolute atomic E-state index is 5.52. The molecule has 2 aliphatic carbocycles. The minimum Gasteiger partial charge on any atom is -0.272 e. The van der Waals surface area contributed by atoms with Crippen molar-refractivity contribution < 1.29 is 0 Å². The summed E-state index contributed by atoms with van der Waals surface area (Å²) in [6, 6.07) is 81.6. The second-order valence-electron chi connectivity index (χ2n) is 16.6. The summed E-state index contributed by atoms with van der Waals surface area (Å²) in [4.78, 5) is 5.52. The van der Waals surface area contributed by atoms with Crippen molar-refractivity contribution in [1.29, 1.82) is 0 Å². The molecular weight excluding hydrogens is 747 g/mol. The van der Waals surface area contributed by atoms with E-state index in [0.29, 0.717) is 0 Å². The van der Waals surface area contributed by atoms with E-state index in [9.17, 15) is 0 Å². The third kappa shape index (κ3) is 5.52. The molecule has 9 aromatic carbocycles. The molecule has 0 saturated heterocycles. The number of aliphatic imine (C=N–C) groups is 1. The van der Waals surface area contributed by atoms with E-state index in [-0.39, 0.29) is 11.5 Å². The van der Waals surface area contributed by atoms with E-state index in [1.807, 2.05) is 0 Å². The van der Waals surface area contributed by atoms with Gasteiger partial charge in [0, 0.05) is 0 Å². The molecule has 1 aliphatic heterocycles. The van der Waals surface area contributed by atoms with E-state index in [1.165, 1.54) is 66.8 Å². The SMILES string of the molecule is C=C1C(c2ccccc2)=CC(c2ccc(-c3ccccc3)cc2)=NC1c1ccccc1-c1cccc(-c2ccc3c(c2)-c2ccccc2C32c3ccccc3-c3ccccc32)c1. The van der Waals surface area contributed by atoms with Gasteiger partial charge in [0.15, 0.2) is 0 Å². The summed E-state index contributed by atoms with van der Waals surface area (Å²) in [5, 5.41) is 0. The molecule has 0 saturated carbocycles. The van der Waals surface area contributed by atoms with Crippen LogP contribution in [0.2, 0.25) is 0 Å². The molecule has 9 aromatic rings. The van der Waals surface area contributed by atoms with Crippen LogP contribution in [0.15, 0.2) is 248 Å². The van der Waals surface area contributed by atoms with Gasteiger partial charge >= 0.3 is 0 Å². The quantitative estimate of drug-likeness (QED) is 0.159. The predicted molar refractivity (Wildman–Crippen MR) is 258 cm³/mol. The Bertz CT molecular complexity index is 3250. The molecule has 1 nitrogen and oxygen atoms in total. The Kier molecular flexibility index (Phi) is 8.37. The first kappa shape index (κ1) is 36.0. The molecule has 1 unspecified atom stereocenters. The summed E-state index contributed by atoms with van der Waals surface area (Å²) in [5.74, 6) is 0. The molecule has 1 atom stereocenters. The highest BCUT2D eigenvalue weighted by Gasteiger charge is 2.51. The van der Waals surface area contributed by atoms with E-state index in [2.05, 4.69) is 231 Å². The van der Waals surface area contributed by atoms with Crippen LogP contribution in [0.3, 0.4) is 0 Å². The lowest BCUT2D eigenvalue weighted by atomic mass is 9.70. The van der Waals surface area contributed by atoms with Crippen molar-refractivity contribution in [3.05, 3.63) is 282 Å². The molecule has 1 heteroatoms. The van der Waals surface area contributed by atoms with Crippen LogP contribution in [0, 0.1) is 0 Å². The van der Waals surface area contributed by atoms with Crippen molar-refractivity contribution in [2.75, 3.05) is 0 Å². The van der Waals surface area contributed by atoms with Gasteiger partial charge in [0.25, 0.3) is 0 Å². The van der Waals surface area contributed by atoms with E-state index >= 15 is 0 Å². The monoisotopic (exact) mass is 787 g/mol. The number of benzene rings is 9. The molecule has 12 rings (SSSR count). The van der Waals surface area contributed by atoms with Crippen molar-refractivity contribution in [2.45, 2.75) is 11.5 Å². The number of nitrogens with zero attached hydrogens (tertiary/aromatic N) is 1. The summed E-state index contributed by atoms with van der Waals surface area (Å²) >= 11 is 0. The first-order valence-electron chi connectivity index (χ1n) is 21.5. The summed E-state index contributed by atoms with van der Waals surface area (Å²) in [5.41, 5.74) is 23.8. The van der Waals surface area contributed by atoms with E-state index in [0.717, 1.165) is 44.7 Å². The molecule has 0 amide bonds. The minimum absolute atomic E-state index is 0.274. The van der Waals surface area contributed by atoms with E-state index in [4.69, 9.17) is 11.6 Å². The van der Waals surface area contributed by atoms with Crippen LogP contribution in [0.4, 0.5) is 0 Å². The number of dihydropyridines is 1. The largest absolute Gasteiger partial charge is 0.272 e. The minimum atomic E-state index is -0.350. The fraction of sp³-hybridized carbons (Fsp3) is 0.0328. The number of fused-ring (bicyclic) bond motifs is 10. The Morgan fingerprint density at radius 2 is 0.790 bits per heavy atom. The molecule has 0 radical (unpaired) electrons. The molecule has 62 heavy (non-hydrogen) atoms. The van der Waals surface area contributed by atoms with Gasteiger partial charge < -0.3 is 0 Å². The normalized spacial score (nSPS) is 15.3. The smallest absolute Gasteiger partial charge is 0.101 e. The number of hydrogen-bond donors (Lipinski definition) is 0. The van der Waals surface area contributed by atoms with Gasteiger partial charge in [-0.1, -0.05) is 219 Å². The van der Waals surface area contributed by atoms with Gasteiger partial charge in [-0.2, -0.15) is 0 Å². The number of allylic oxidation sites excluding steroid dienone is 1. The van der Waals surface area contributed by atoms with Gasteiger partial charge in [0.2, 0.25) is 0 Å². The average molecular weight is 788 g/mol. The van der Waals surface area contributed by atoms with Crippen LogP contribution < -0.4 is 0 Å². The lowest BCUT2D eigenvalue weighted by Crippen LogP contribution is -2.25. The standard InChI is InChI=1S/C61H41N/c1-40-53(43-19-6-3-7-20-43)39-59(44-33-31-42(32-34-44)41-17-4-2-5-18-41)62-60(40)52-27-9-8-23-48(52)47-22-16-21-45(37-47)46-35-36-58-54(38-46)51-26-12-15-30-57(51)61(58)55-28-13-10-24-49(55)50-25-11-14-29-56(50)61/h2-39,60H,1H2. The van der Waals surface area contributed by atoms with E-state index < -0.39 is 0 Å². The topological polar surface area (TPSA) is 12.4 Å². The third-order valence-electron chi connectivity index (χ3n) is 13.4. The van der Waals surface area contributed by atoms with Gasteiger partial charge in [-0.25, -0.2) is 0 Å². The zero-order valence-electron chi connectivity index (χ0n) is 34.2. The Labute approximate surface area is 363 Å². The molecule has 1 spiro atoms. The predicted octanol–water partition coefficient (Wildman–Crippen LogP) is 15.2. The molecule has 0 N–H and O–H groups in total. The van der Waals surface area contributed by atoms with Crippen molar-refractivity contribution in [1.82, 2.24) is 0 Å². The van der Waals surface area contributed by atoms with Gasteiger partial charge in [-0.05, 0) is 124 Å². The Balaban J connectivity index is 0.954. The van der Waals surface area contributed by atoms with Crippen LogP contribution >= 0.6 is 0 Å². The number of rotatable bonds is 6. The fourth-order valence-corrected chi connectivity index (χ4v) is 10.5. The van der Waals surface area contributed by atoms with Crippen molar-refractivity contribution in [3.63, 3.8) is 0 Å². The van der Waals surface area contributed by atoms with Crippen LogP contribution in [0.5, 0.6) is 0 Å². The highest BCUT2D eigenvalue weighted by atomic mass is 14.8. The maximum atomic E-state index is 5.52. The average Bonchev–Trinajstić information content (AvgIpc) is 3.82. The summed E-state index contributed by atoms with van der Waals surface area (Å²) in [6.45, 7) is 4.75. The van der Waals surface area contributed by atoms with Crippen LogP contribution in [-0.4, -0.2) is 5.71 Å². The second-order valence-corrected chi connectivity index (χ2v) is 16.6. The Morgan fingerprint density at radius 1 is 0.339 bits per heavy atom. The van der Waals surface area contributed by atoms with Gasteiger partial charge in [-0.3, -0.25) is 4.99 Å². The molecule has 290 valence electrons. The van der Waals surface area contributed by atoms with Crippen LogP contribution in [-0.2, 0) is 5.41 Å². The first-order chi connectivity index (χ1) is 30.7. The van der Waals surface area contributed by atoms with Gasteiger partial charge in [-0.15, -0.1) is 0 Å². The Morgan fingerprint density at radius 3 is 1.45 bits per heavy atom. The molecular formula is C61H41N. The van der Waals surface area contributed by atoms with Gasteiger partial charge in [0.1, 0.15) is 6.04 Å². The molecule has 0 bridgehead atoms. The molecule has 0 fully saturated rings. The summed E-state index contributed by atoms with van der Waals surface area (Å²) < 4.78 is 0. The van der Waals surface area contributed by atoms with E-state index in [1.54, 1.807) is 0 Å². The maximum Gasteiger partial charge on any atom is 0.101 e. The van der Waals surface area contributed by atoms with Gasteiger partial charge in [0.05, 0.1) is 11.1 Å². The third-order valence-corrected chi connectivity index (χ3v) is 13.4.